The molecule has 1 aliphatic carbocycles. The molecule has 10 heteroatoms. The molecule has 0 bridgehead atoms. The highest BCUT2D eigenvalue weighted by Gasteiger charge is 2.31. The molecule has 144 valence electrons. The molecule has 1 aromatic heterocycles. The van der Waals surface area contributed by atoms with Gasteiger partial charge in [-0.2, -0.15) is 8.78 Å². The quantitative estimate of drug-likeness (QED) is 0.727. The van der Waals surface area contributed by atoms with Crippen molar-refractivity contribution in [3.05, 3.63) is 35.7 Å². The number of aromatic nitrogens is 3. The van der Waals surface area contributed by atoms with Gasteiger partial charge in [0.15, 0.2) is 5.69 Å². The summed E-state index contributed by atoms with van der Waals surface area (Å²) in [5.41, 5.74) is 0.893. The van der Waals surface area contributed by atoms with Gasteiger partial charge in [-0.15, -0.1) is 5.10 Å². The number of nitrogens with zero attached hydrogens (tertiary/aromatic N) is 3. The van der Waals surface area contributed by atoms with Gasteiger partial charge >= 0.3 is 12.6 Å². The summed E-state index contributed by atoms with van der Waals surface area (Å²) in [6.45, 7) is -1.31. The van der Waals surface area contributed by atoms with Crippen molar-refractivity contribution in [1.82, 2.24) is 20.3 Å². The van der Waals surface area contributed by atoms with Crippen molar-refractivity contribution >= 4 is 11.9 Å². The standard InChI is InChI=1S/C17H18F2N4O4/c1-9-14(15(24)20-13(16(25)26)8-10-2-3-10)21-22-23(9)11-4-6-12(7-5-11)27-17(18)19/h4-7,10,13,17H,2-3,8H2,1H3,(H,20,24)(H,25,26). The van der Waals surface area contributed by atoms with Gasteiger partial charge in [-0.25, -0.2) is 9.48 Å². The SMILES string of the molecule is Cc1c(C(=O)NC(CC2CC2)C(=O)O)nnn1-c1ccc(OC(F)F)cc1. The highest BCUT2D eigenvalue weighted by atomic mass is 19.3. The average Bonchev–Trinajstić information content (AvgIpc) is 3.34. The van der Waals surface area contributed by atoms with E-state index < -0.39 is 24.5 Å². The van der Waals surface area contributed by atoms with Crippen molar-refractivity contribution in [1.29, 1.82) is 0 Å². The minimum atomic E-state index is -2.92. The number of rotatable bonds is 8. The lowest BCUT2D eigenvalue weighted by Gasteiger charge is -2.13. The second-order valence-electron chi connectivity index (χ2n) is 6.35. The maximum absolute atomic E-state index is 12.4. The Hall–Kier alpha value is -3.04. The Morgan fingerprint density at radius 2 is 2.00 bits per heavy atom. The minimum Gasteiger partial charge on any atom is -0.480 e. The van der Waals surface area contributed by atoms with Crippen LogP contribution in [0, 0.1) is 12.8 Å². The molecule has 0 aliphatic heterocycles. The minimum absolute atomic E-state index is 0.00459. The first-order valence-electron chi connectivity index (χ1n) is 8.36. The van der Waals surface area contributed by atoms with Crippen LogP contribution in [0.1, 0.15) is 35.4 Å². The number of amides is 1. The number of ether oxygens (including phenoxy) is 1. The molecule has 8 nitrogen and oxygen atoms in total. The summed E-state index contributed by atoms with van der Waals surface area (Å²) in [7, 11) is 0. The summed E-state index contributed by atoms with van der Waals surface area (Å²) in [5, 5.41) is 19.5. The van der Waals surface area contributed by atoms with Crippen LogP contribution in [0.2, 0.25) is 0 Å². The van der Waals surface area contributed by atoms with E-state index in [0.29, 0.717) is 23.7 Å². The number of hydrogen-bond acceptors (Lipinski definition) is 5. The predicted octanol–water partition coefficient (Wildman–Crippen LogP) is 2.16. The third-order valence-corrected chi connectivity index (χ3v) is 4.29. The lowest BCUT2D eigenvalue weighted by atomic mass is 10.1. The van der Waals surface area contributed by atoms with Gasteiger partial charge in [-0.3, -0.25) is 4.79 Å². The number of carbonyl (C=O) groups excluding carboxylic acids is 1. The van der Waals surface area contributed by atoms with Crippen LogP contribution in [-0.4, -0.2) is 44.6 Å². The van der Waals surface area contributed by atoms with E-state index in [1.807, 2.05) is 0 Å². The molecule has 1 amide bonds. The number of carboxylic acid groups (broad SMARTS) is 1. The van der Waals surface area contributed by atoms with Gasteiger partial charge in [0.2, 0.25) is 0 Å². The Bertz CT molecular complexity index is 834. The first-order valence-corrected chi connectivity index (χ1v) is 8.36. The van der Waals surface area contributed by atoms with E-state index in [9.17, 15) is 23.5 Å². The number of hydrogen-bond donors (Lipinski definition) is 2. The Morgan fingerprint density at radius 3 is 2.56 bits per heavy atom. The molecule has 1 heterocycles. The molecule has 2 N–H and O–H groups in total. The number of alkyl halides is 2. The first-order chi connectivity index (χ1) is 12.8. The van der Waals surface area contributed by atoms with Crippen LogP contribution >= 0.6 is 0 Å². The molecule has 2 aromatic rings. The predicted molar refractivity (Wildman–Crippen MR) is 89.0 cm³/mol. The zero-order chi connectivity index (χ0) is 19.6. The number of halogens is 2. The monoisotopic (exact) mass is 380 g/mol. The largest absolute Gasteiger partial charge is 0.480 e. The molecule has 0 radical (unpaired) electrons. The zero-order valence-corrected chi connectivity index (χ0v) is 14.4. The van der Waals surface area contributed by atoms with E-state index in [1.165, 1.54) is 28.9 Å². The smallest absolute Gasteiger partial charge is 0.387 e. The van der Waals surface area contributed by atoms with E-state index in [0.717, 1.165) is 12.8 Å². The molecule has 1 aromatic carbocycles. The Kier molecular flexibility index (Phi) is 5.33. The molecular weight excluding hydrogens is 362 g/mol. The Balaban J connectivity index is 1.73. The van der Waals surface area contributed by atoms with Gasteiger partial charge in [-0.1, -0.05) is 18.1 Å². The number of aliphatic carboxylic acids is 1. The summed E-state index contributed by atoms with van der Waals surface area (Å²) in [6.07, 6.45) is 2.33. The highest BCUT2D eigenvalue weighted by Crippen LogP contribution is 2.33. The molecule has 1 saturated carbocycles. The molecular formula is C17H18F2N4O4. The van der Waals surface area contributed by atoms with E-state index in [-0.39, 0.29) is 11.4 Å². The molecule has 0 spiro atoms. The van der Waals surface area contributed by atoms with Crippen LogP contribution in [0.4, 0.5) is 8.78 Å². The van der Waals surface area contributed by atoms with Crippen molar-refractivity contribution in [2.75, 3.05) is 0 Å². The van der Waals surface area contributed by atoms with Crippen LogP contribution < -0.4 is 10.1 Å². The lowest BCUT2D eigenvalue weighted by molar-refractivity contribution is -0.139. The number of nitrogens with one attached hydrogen (secondary N) is 1. The summed E-state index contributed by atoms with van der Waals surface area (Å²) in [5.74, 6) is -1.38. The van der Waals surface area contributed by atoms with Crippen LogP contribution in [0.5, 0.6) is 5.75 Å². The van der Waals surface area contributed by atoms with Crippen molar-refractivity contribution < 1.29 is 28.2 Å². The summed E-state index contributed by atoms with van der Waals surface area (Å²) >= 11 is 0. The summed E-state index contributed by atoms with van der Waals surface area (Å²) < 4.78 is 30.1. The molecule has 1 unspecified atom stereocenters. The van der Waals surface area contributed by atoms with Crippen LogP contribution in [-0.2, 0) is 4.79 Å². The molecule has 0 saturated heterocycles. The molecule has 1 aliphatic rings. The third-order valence-electron chi connectivity index (χ3n) is 4.29. The van der Waals surface area contributed by atoms with Gasteiger partial charge in [-0.05, 0) is 43.5 Å². The van der Waals surface area contributed by atoms with E-state index in [2.05, 4.69) is 20.4 Å². The van der Waals surface area contributed by atoms with Gasteiger partial charge in [0.1, 0.15) is 11.8 Å². The summed E-state index contributed by atoms with van der Waals surface area (Å²) in [6, 6.07) is 4.71. The van der Waals surface area contributed by atoms with Crippen molar-refractivity contribution in [3.8, 4) is 11.4 Å². The van der Waals surface area contributed by atoms with Gasteiger partial charge in [0.05, 0.1) is 11.4 Å². The number of carbonyl (C=O) groups is 2. The van der Waals surface area contributed by atoms with E-state index in [1.54, 1.807) is 6.92 Å². The van der Waals surface area contributed by atoms with Crippen molar-refractivity contribution in [3.63, 3.8) is 0 Å². The van der Waals surface area contributed by atoms with Crippen molar-refractivity contribution in [2.24, 2.45) is 5.92 Å². The van der Waals surface area contributed by atoms with Crippen LogP contribution in [0.25, 0.3) is 5.69 Å². The molecule has 27 heavy (non-hydrogen) atoms. The maximum atomic E-state index is 12.4. The summed E-state index contributed by atoms with van der Waals surface area (Å²) in [4.78, 5) is 23.7. The average molecular weight is 380 g/mol. The molecule has 3 rings (SSSR count). The van der Waals surface area contributed by atoms with Gasteiger partial charge < -0.3 is 15.2 Å². The first kappa shape index (κ1) is 18.7. The van der Waals surface area contributed by atoms with Crippen LogP contribution in [0.3, 0.4) is 0 Å². The fraction of sp³-hybridized carbons (Fsp3) is 0.412. The van der Waals surface area contributed by atoms with Crippen molar-refractivity contribution in [2.45, 2.75) is 38.8 Å². The van der Waals surface area contributed by atoms with Gasteiger partial charge in [0.25, 0.3) is 5.91 Å². The number of benzene rings is 1. The topological polar surface area (TPSA) is 106 Å². The number of carboxylic acids is 1. The highest BCUT2D eigenvalue weighted by molar-refractivity contribution is 5.95. The second kappa shape index (κ2) is 7.68. The second-order valence-corrected chi connectivity index (χ2v) is 6.35. The molecule has 1 fully saturated rings. The fourth-order valence-electron chi connectivity index (χ4n) is 2.69. The zero-order valence-electron chi connectivity index (χ0n) is 14.4. The molecule has 1 atom stereocenters. The van der Waals surface area contributed by atoms with Gasteiger partial charge in [0, 0.05) is 0 Å². The van der Waals surface area contributed by atoms with E-state index in [4.69, 9.17) is 0 Å². The normalized spacial score (nSPS) is 14.8. The Morgan fingerprint density at radius 1 is 1.33 bits per heavy atom. The van der Waals surface area contributed by atoms with Crippen LogP contribution in [0.15, 0.2) is 24.3 Å². The third kappa shape index (κ3) is 4.57. The fourth-order valence-corrected chi connectivity index (χ4v) is 2.69. The maximum Gasteiger partial charge on any atom is 0.387 e. The lowest BCUT2D eigenvalue weighted by Crippen LogP contribution is -2.41. The Labute approximate surface area is 153 Å². The van der Waals surface area contributed by atoms with E-state index >= 15 is 0 Å².